The van der Waals surface area contributed by atoms with Gasteiger partial charge < -0.3 is 29.4 Å². The Morgan fingerprint density at radius 2 is 1.89 bits per heavy atom. The second-order valence-corrected chi connectivity index (χ2v) is 12.0. The standard InChI is InChI=1S/C33H37ClFN3O6/c1-3-12-43-24-15-22(19-44-23-10-8-20(9-11-23)33(41)42)38(17-24)31(39)14-21-13-27(34)29(16-28(21)35)36-32(40)26-18-37(2)30-7-5-4-6-25(26)30/h3-7,13,16,18,20,22-24H,1,8-12,14-15,17,19H2,2H3,(H,36,40)(H,41,42)/t20-,22-,23-,24-/m0/s1. The van der Waals surface area contributed by atoms with Crippen LogP contribution in [-0.4, -0.2) is 70.4 Å². The first-order chi connectivity index (χ1) is 21.1. The van der Waals surface area contributed by atoms with E-state index in [1.807, 2.05) is 35.9 Å². The van der Waals surface area contributed by atoms with Gasteiger partial charge in [-0.05, 0) is 55.9 Å². The quantitative estimate of drug-likeness (QED) is 0.269. The van der Waals surface area contributed by atoms with Gasteiger partial charge in [-0.3, -0.25) is 14.4 Å². The molecular weight excluding hydrogens is 589 g/mol. The van der Waals surface area contributed by atoms with Crippen molar-refractivity contribution in [2.45, 2.75) is 56.8 Å². The number of carbonyl (C=O) groups excluding carboxylic acids is 2. The molecule has 2 heterocycles. The van der Waals surface area contributed by atoms with Crippen LogP contribution >= 0.6 is 11.6 Å². The van der Waals surface area contributed by atoms with E-state index in [9.17, 15) is 19.5 Å². The number of nitrogens with zero attached hydrogens (tertiary/aromatic N) is 2. The van der Waals surface area contributed by atoms with E-state index >= 15 is 4.39 Å². The molecule has 3 aromatic rings. The van der Waals surface area contributed by atoms with Crippen molar-refractivity contribution in [1.82, 2.24) is 9.47 Å². The number of para-hydroxylation sites is 1. The SMILES string of the molecule is C=CCO[C@H]1C[C@@H](CO[C@H]2CC[C@H](C(=O)O)CC2)N(C(=O)Cc2cc(Cl)c(NC(=O)c3cn(C)c4ccccc34)cc2F)C1. The number of hydrogen-bond donors (Lipinski definition) is 2. The molecule has 0 spiro atoms. The Labute approximate surface area is 260 Å². The summed E-state index contributed by atoms with van der Waals surface area (Å²) in [4.78, 5) is 39.5. The maximum atomic E-state index is 15.3. The molecule has 11 heteroatoms. The molecule has 0 bridgehead atoms. The Hall–Kier alpha value is -3.73. The van der Waals surface area contributed by atoms with Gasteiger partial charge in [0.05, 0.1) is 60.1 Å². The summed E-state index contributed by atoms with van der Waals surface area (Å²) in [5, 5.41) is 12.8. The molecule has 2 aliphatic rings. The predicted octanol–water partition coefficient (Wildman–Crippen LogP) is 5.60. The van der Waals surface area contributed by atoms with Crippen molar-refractivity contribution in [3.05, 3.63) is 77.2 Å². The van der Waals surface area contributed by atoms with Crippen LogP contribution in [0.5, 0.6) is 0 Å². The predicted molar refractivity (Wildman–Crippen MR) is 165 cm³/mol. The van der Waals surface area contributed by atoms with Crippen LogP contribution in [0.1, 0.15) is 48.0 Å². The minimum atomic E-state index is -0.772. The zero-order valence-electron chi connectivity index (χ0n) is 24.6. The lowest BCUT2D eigenvalue weighted by atomic mass is 9.87. The second-order valence-electron chi connectivity index (χ2n) is 11.6. The fourth-order valence-electron chi connectivity index (χ4n) is 6.18. The molecule has 2 N–H and O–H groups in total. The van der Waals surface area contributed by atoms with E-state index in [-0.39, 0.29) is 59.4 Å². The van der Waals surface area contributed by atoms with Gasteiger partial charge in [0, 0.05) is 30.7 Å². The maximum Gasteiger partial charge on any atom is 0.306 e. The number of aliphatic carboxylic acids is 1. The highest BCUT2D eigenvalue weighted by Crippen LogP contribution is 2.31. The summed E-state index contributed by atoms with van der Waals surface area (Å²) in [5.41, 5.74) is 1.55. The van der Waals surface area contributed by atoms with Crippen LogP contribution in [0.25, 0.3) is 10.9 Å². The van der Waals surface area contributed by atoms with E-state index in [1.165, 1.54) is 6.07 Å². The minimum absolute atomic E-state index is 0.0661. The van der Waals surface area contributed by atoms with E-state index < -0.39 is 17.7 Å². The Morgan fingerprint density at radius 3 is 2.61 bits per heavy atom. The number of anilines is 1. The summed E-state index contributed by atoms with van der Waals surface area (Å²) in [6, 6.07) is 9.72. The summed E-state index contributed by atoms with van der Waals surface area (Å²) in [5.74, 6) is -2.48. The van der Waals surface area contributed by atoms with Gasteiger partial charge in [-0.25, -0.2) is 4.39 Å². The number of aryl methyl sites for hydroxylation is 1. The molecule has 2 fully saturated rings. The van der Waals surface area contributed by atoms with Crippen molar-refractivity contribution in [3.63, 3.8) is 0 Å². The van der Waals surface area contributed by atoms with Gasteiger partial charge in [0.2, 0.25) is 5.91 Å². The average Bonchev–Trinajstić information content (AvgIpc) is 3.58. The second kappa shape index (κ2) is 13.9. The number of likely N-dealkylation sites (tertiary alicyclic amines) is 1. The molecule has 0 unspecified atom stereocenters. The Balaban J connectivity index is 1.24. The first-order valence-electron chi connectivity index (χ1n) is 14.8. The molecule has 44 heavy (non-hydrogen) atoms. The Kier molecular flexibility index (Phi) is 10.0. The van der Waals surface area contributed by atoms with Crippen LogP contribution in [0.15, 0.2) is 55.3 Å². The molecule has 1 saturated heterocycles. The van der Waals surface area contributed by atoms with Gasteiger partial charge in [0.25, 0.3) is 5.91 Å². The van der Waals surface area contributed by atoms with Crippen molar-refractivity contribution in [3.8, 4) is 0 Å². The number of hydrogen-bond acceptors (Lipinski definition) is 5. The summed E-state index contributed by atoms with van der Waals surface area (Å²) in [7, 11) is 1.84. The van der Waals surface area contributed by atoms with Gasteiger partial charge in [-0.2, -0.15) is 0 Å². The number of carboxylic acids is 1. The van der Waals surface area contributed by atoms with E-state index in [2.05, 4.69) is 11.9 Å². The molecule has 0 radical (unpaired) electrons. The number of carboxylic acid groups (broad SMARTS) is 1. The van der Waals surface area contributed by atoms with Gasteiger partial charge in [-0.15, -0.1) is 6.58 Å². The monoisotopic (exact) mass is 625 g/mol. The highest BCUT2D eigenvalue weighted by atomic mass is 35.5. The van der Waals surface area contributed by atoms with Crippen LogP contribution in [-0.2, 0) is 32.5 Å². The van der Waals surface area contributed by atoms with Gasteiger partial charge in [0.1, 0.15) is 5.82 Å². The first-order valence-corrected chi connectivity index (χ1v) is 15.2. The van der Waals surface area contributed by atoms with Crippen molar-refractivity contribution < 1.29 is 33.4 Å². The number of benzene rings is 2. The van der Waals surface area contributed by atoms with Crippen LogP contribution in [0.3, 0.4) is 0 Å². The zero-order chi connectivity index (χ0) is 31.4. The number of carbonyl (C=O) groups is 3. The largest absolute Gasteiger partial charge is 0.481 e. The third-order valence-corrected chi connectivity index (χ3v) is 8.87. The van der Waals surface area contributed by atoms with Crippen molar-refractivity contribution in [2.75, 3.05) is 25.1 Å². The number of halogens is 2. The summed E-state index contributed by atoms with van der Waals surface area (Å²) in [6.07, 6.45) is 5.85. The van der Waals surface area contributed by atoms with Crippen molar-refractivity contribution in [2.24, 2.45) is 13.0 Å². The van der Waals surface area contributed by atoms with E-state index in [0.29, 0.717) is 50.8 Å². The van der Waals surface area contributed by atoms with Crippen LogP contribution in [0, 0.1) is 11.7 Å². The van der Waals surface area contributed by atoms with E-state index in [1.54, 1.807) is 17.2 Å². The maximum absolute atomic E-state index is 15.3. The number of nitrogens with one attached hydrogen (secondary N) is 1. The molecule has 2 aromatic carbocycles. The van der Waals surface area contributed by atoms with Gasteiger partial charge in [0.15, 0.2) is 0 Å². The fourth-order valence-corrected chi connectivity index (χ4v) is 6.42. The molecule has 2 atom stereocenters. The average molecular weight is 626 g/mol. The van der Waals surface area contributed by atoms with E-state index in [0.717, 1.165) is 17.0 Å². The summed E-state index contributed by atoms with van der Waals surface area (Å²) in [6.45, 7) is 4.65. The first kappa shape index (κ1) is 31.7. The highest BCUT2D eigenvalue weighted by molar-refractivity contribution is 6.34. The molecule has 5 rings (SSSR count). The number of ether oxygens (including phenoxy) is 2. The van der Waals surface area contributed by atoms with E-state index in [4.69, 9.17) is 21.1 Å². The minimum Gasteiger partial charge on any atom is -0.481 e. The molecule has 1 aromatic heterocycles. The lowest BCUT2D eigenvalue weighted by molar-refractivity contribution is -0.144. The molecule has 1 aliphatic heterocycles. The van der Waals surface area contributed by atoms with Gasteiger partial charge >= 0.3 is 5.97 Å². The summed E-state index contributed by atoms with van der Waals surface area (Å²) >= 11 is 6.48. The number of fused-ring (bicyclic) bond motifs is 1. The molecule has 9 nitrogen and oxygen atoms in total. The molecule has 1 aliphatic carbocycles. The number of aromatic nitrogens is 1. The summed E-state index contributed by atoms with van der Waals surface area (Å²) < 4.78 is 29.1. The number of amides is 2. The van der Waals surface area contributed by atoms with Crippen LogP contribution in [0.4, 0.5) is 10.1 Å². The third kappa shape index (κ3) is 7.14. The van der Waals surface area contributed by atoms with Crippen molar-refractivity contribution >= 4 is 46.0 Å². The topological polar surface area (TPSA) is 110 Å². The molecule has 234 valence electrons. The Morgan fingerprint density at radius 1 is 1.14 bits per heavy atom. The molecule has 1 saturated carbocycles. The van der Waals surface area contributed by atoms with Crippen LogP contribution in [0.2, 0.25) is 5.02 Å². The lowest BCUT2D eigenvalue weighted by Crippen LogP contribution is -2.40. The highest BCUT2D eigenvalue weighted by Gasteiger charge is 2.37. The molecule has 2 amide bonds. The lowest BCUT2D eigenvalue weighted by Gasteiger charge is -2.30. The fraction of sp³-hybridized carbons (Fsp3) is 0.424. The molecular formula is C33H37ClFN3O6. The number of rotatable bonds is 11. The van der Waals surface area contributed by atoms with Gasteiger partial charge in [-0.1, -0.05) is 35.9 Å². The normalized spacial score (nSPS) is 21.8. The van der Waals surface area contributed by atoms with Crippen LogP contribution < -0.4 is 5.32 Å². The van der Waals surface area contributed by atoms with Crippen molar-refractivity contribution in [1.29, 1.82) is 0 Å². The Bertz CT molecular complexity index is 1550. The third-order valence-electron chi connectivity index (χ3n) is 8.56. The zero-order valence-corrected chi connectivity index (χ0v) is 25.4. The smallest absolute Gasteiger partial charge is 0.306 e.